The van der Waals surface area contributed by atoms with E-state index in [9.17, 15) is 9.59 Å². The molecule has 5 aromatic rings. The van der Waals surface area contributed by atoms with E-state index in [0.29, 0.717) is 10.7 Å². The van der Waals surface area contributed by atoms with E-state index in [2.05, 4.69) is 15.5 Å². The smallest absolute Gasteiger partial charge is 0.339 e. The molecular weight excluding hydrogens is 456 g/mol. The number of rotatable bonds is 5. The number of amides is 1. The van der Waals surface area contributed by atoms with Gasteiger partial charge in [0.1, 0.15) is 10.0 Å². The van der Waals surface area contributed by atoms with Crippen molar-refractivity contribution in [1.29, 1.82) is 0 Å². The first kappa shape index (κ1) is 21.2. The number of nitrogens with one attached hydrogen (secondary N) is 1. The zero-order chi connectivity index (χ0) is 22.9. The van der Waals surface area contributed by atoms with Gasteiger partial charge in [0.2, 0.25) is 5.13 Å². The number of carbonyl (C=O) groups excluding carboxylic acids is 2. The highest BCUT2D eigenvalue weighted by molar-refractivity contribution is 7.21. The van der Waals surface area contributed by atoms with Crippen LogP contribution in [-0.4, -0.2) is 33.2 Å². The summed E-state index contributed by atoms with van der Waals surface area (Å²) >= 11 is 2.82. The van der Waals surface area contributed by atoms with Gasteiger partial charge < -0.3 is 4.74 Å². The van der Waals surface area contributed by atoms with Crippen molar-refractivity contribution in [3.63, 3.8) is 0 Å². The van der Waals surface area contributed by atoms with Gasteiger partial charge in [-0.25, -0.2) is 9.78 Å². The van der Waals surface area contributed by atoms with E-state index in [1.165, 1.54) is 18.3 Å². The van der Waals surface area contributed by atoms with Gasteiger partial charge in [-0.1, -0.05) is 53.8 Å². The topological polar surface area (TPSA) is 94.1 Å². The van der Waals surface area contributed by atoms with Crippen LogP contribution < -0.4 is 5.32 Å². The number of para-hydroxylation sites is 1. The first-order valence-corrected chi connectivity index (χ1v) is 11.8. The van der Waals surface area contributed by atoms with Crippen LogP contribution in [0.3, 0.4) is 0 Å². The van der Waals surface area contributed by atoms with E-state index in [-0.39, 0.29) is 0 Å². The van der Waals surface area contributed by atoms with Crippen LogP contribution >= 0.6 is 22.7 Å². The number of hydrogen-bond donors (Lipinski definition) is 1. The van der Waals surface area contributed by atoms with Crippen molar-refractivity contribution in [3.8, 4) is 10.6 Å². The van der Waals surface area contributed by atoms with Crippen LogP contribution in [0.5, 0.6) is 0 Å². The molecule has 0 aliphatic heterocycles. The Hall–Kier alpha value is -3.69. The Kier molecular flexibility index (Phi) is 5.57. The second kappa shape index (κ2) is 8.68. The van der Waals surface area contributed by atoms with Crippen LogP contribution in [0.1, 0.15) is 22.3 Å². The number of esters is 1. The maximum Gasteiger partial charge on any atom is 0.339 e. The highest BCUT2D eigenvalue weighted by atomic mass is 32.1. The SMILES string of the molecule is Cc1nnc(NC(=O)C(C)OC(=O)c2cccc3cccc(-c4nc5ccccc5s4)c23)s1. The van der Waals surface area contributed by atoms with Gasteiger partial charge in [0.15, 0.2) is 6.10 Å². The van der Waals surface area contributed by atoms with Gasteiger partial charge in [-0.3, -0.25) is 10.1 Å². The molecule has 3 aromatic carbocycles. The average molecular weight is 475 g/mol. The Morgan fingerprint density at radius 3 is 2.52 bits per heavy atom. The number of aromatic nitrogens is 3. The number of thiazole rings is 1. The van der Waals surface area contributed by atoms with E-state index in [1.54, 1.807) is 30.4 Å². The Bertz CT molecular complexity index is 1470. The molecule has 1 unspecified atom stereocenters. The summed E-state index contributed by atoms with van der Waals surface area (Å²) in [6, 6.07) is 19.2. The van der Waals surface area contributed by atoms with E-state index < -0.39 is 18.0 Å². The Balaban J connectivity index is 1.47. The summed E-state index contributed by atoms with van der Waals surface area (Å²) in [4.78, 5) is 30.4. The van der Waals surface area contributed by atoms with Gasteiger partial charge in [0.25, 0.3) is 5.91 Å². The number of hydrogen-bond acceptors (Lipinski definition) is 8. The number of benzene rings is 3. The van der Waals surface area contributed by atoms with E-state index in [1.807, 2.05) is 48.5 Å². The number of fused-ring (bicyclic) bond motifs is 2. The molecule has 0 aliphatic rings. The molecule has 2 heterocycles. The van der Waals surface area contributed by atoms with Crippen LogP contribution in [0.4, 0.5) is 5.13 Å². The van der Waals surface area contributed by atoms with Gasteiger partial charge in [0.05, 0.1) is 15.8 Å². The molecule has 5 rings (SSSR count). The molecule has 7 nitrogen and oxygen atoms in total. The zero-order valence-electron chi connectivity index (χ0n) is 17.7. The number of nitrogens with zero attached hydrogens (tertiary/aromatic N) is 3. The Morgan fingerprint density at radius 1 is 0.970 bits per heavy atom. The fraction of sp³-hybridized carbons (Fsp3) is 0.125. The lowest BCUT2D eigenvalue weighted by Crippen LogP contribution is -2.30. The van der Waals surface area contributed by atoms with Crippen molar-refractivity contribution in [1.82, 2.24) is 15.2 Å². The number of ether oxygens (including phenoxy) is 1. The fourth-order valence-corrected chi connectivity index (χ4v) is 5.10. The molecule has 33 heavy (non-hydrogen) atoms. The minimum Gasteiger partial charge on any atom is -0.449 e. The van der Waals surface area contributed by atoms with Crippen LogP contribution in [0.25, 0.3) is 31.6 Å². The van der Waals surface area contributed by atoms with E-state index in [4.69, 9.17) is 9.72 Å². The number of aryl methyl sites for hydroxylation is 1. The maximum atomic E-state index is 13.1. The molecule has 164 valence electrons. The van der Waals surface area contributed by atoms with Gasteiger partial charge >= 0.3 is 5.97 Å². The fourth-order valence-electron chi connectivity index (χ4n) is 3.51. The normalized spacial score (nSPS) is 12.1. The quantitative estimate of drug-likeness (QED) is 0.340. The lowest BCUT2D eigenvalue weighted by molar-refractivity contribution is -0.123. The monoisotopic (exact) mass is 474 g/mol. The molecular formula is C24H18N4O3S2. The standard InChI is InChI=1S/C24H18N4O3S2/c1-13(21(29)26-24-28-27-14(2)32-24)31-23(30)17-10-6-8-15-7-5-9-16(20(15)17)22-25-18-11-3-4-12-19(18)33-22/h3-13H,1-2H3,(H,26,28,29). The van der Waals surface area contributed by atoms with Crippen LogP contribution in [0.2, 0.25) is 0 Å². The third kappa shape index (κ3) is 4.20. The average Bonchev–Trinajstić information content (AvgIpc) is 3.43. The van der Waals surface area contributed by atoms with Crippen molar-refractivity contribution in [3.05, 3.63) is 71.2 Å². The summed E-state index contributed by atoms with van der Waals surface area (Å²) in [5, 5.41) is 13.9. The zero-order valence-corrected chi connectivity index (χ0v) is 19.4. The highest BCUT2D eigenvalue weighted by Gasteiger charge is 2.23. The summed E-state index contributed by atoms with van der Waals surface area (Å²) in [6.07, 6.45) is -1.01. The predicted molar refractivity (Wildman–Crippen MR) is 131 cm³/mol. The molecule has 0 saturated heterocycles. The maximum absolute atomic E-state index is 13.1. The lowest BCUT2D eigenvalue weighted by Gasteiger charge is -2.14. The number of carbonyl (C=O) groups is 2. The number of anilines is 1. The van der Waals surface area contributed by atoms with Gasteiger partial charge in [-0.05, 0) is 37.4 Å². The minimum atomic E-state index is -1.01. The molecule has 0 radical (unpaired) electrons. The molecule has 9 heteroatoms. The molecule has 1 atom stereocenters. The van der Waals surface area contributed by atoms with Crippen molar-refractivity contribution in [2.75, 3.05) is 5.32 Å². The first-order valence-electron chi connectivity index (χ1n) is 10.2. The highest BCUT2D eigenvalue weighted by Crippen LogP contribution is 2.36. The Morgan fingerprint density at radius 2 is 1.76 bits per heavy atom. The molecule has 1 N–H and O–H groups in total. The Labute approximate surface area is 197 Å². The van der Waals surface area contributed by atoms with Gasteiger partial charge in [-0.15, -0.1) is 21.5 Å². The van der Waals surface area contributed by atoms with E-state index >= 15 is 0 Å². The minimum absolute atomic E-state index is 0.365. The van der Waals surface area contributed by atoms with Crippen molar-refractivity contribution in [2.24, 2.45) is 0 Å². The second-order valence-electron chi connectivity index (χ2n) is 7.36. The van der Waals surface area contributed by atoms with Gasteiger partial charge in [0, 0.05) is 10.9 Å². The van der Waals surface area contributed by atoms with Gasteiger partial charge in [-0.2, -0.15) is 0 Å². The van der Waals surface area contributed by atoms with Crippen LogP contribution in [0, 0.1) is 6.92 Å². The van der Waals surface area contributed by atoms with Crippen LogP contribution in [0.15, 0.2) is 60.7 Å². The summed E-state index contributed by atoms with van der Waals surface area (Å²) in [5.74, 6) is -1.05. The van der Waals surface area contributed by atoms with Crippen LogP contribution in [-0.2, 0) is 9.53 Å². The molecule has 0 aliphatic carbocycles. The molecule has 1 amide bonds. The first-order chi connectivity index (χ1) is 16.0. The third-order valence-corrected chi connectivity index (χ3v) is 6.88. The molecule has 0 fully saturated rings. The summed E-state index contributed by atoms with van der Waals surface area (Å²) in [7, 11) is 0. The largest absolute Gasteiger partial charge is 0.449 e. The summed E-state index contributed by atoms with van der Waals surface area (Å²) in [5.41, 5.74) is 2.14. The van der Waals surface area contributed by atoms with Crippen molar-refractivity contribution in [2.45, 2.75) is 20.0 Å². The van der Waals surface area contributed by atoms with Crippen molar-refractivity contribution < 1.29 is 14.3 Å². The molecule has 0 bridgehead atoms. The molecule has 0 saturated carbocycles. The van der Waals surface area contributed by atoms with E-state index in [0.717, 1.165) is 36.6 Å². The summed E-state index contributed by atoms with van der Waals surface area (Å²) in [6.45, 7) is 3.32. The predicted octanol–water partition coefficient (Wildman–Crippen LogP) is 5.46. The third-order valence-electron chi connectivity index (χ3n) is 5.06. The second-order valence-corrected chi connectivity index (χ2v) is 9.57. The lowest BCUT2D eigenvalue weighted by atomic mass is 9.99. The molecule has 2 aromatic heterocycles. The summed E-state index contributed by atoms with van der Waals surface area (Å²) < 4.78 is 6.59. The molecule has 0 spiro atoms. The van der Waals surface area contributed by atoms with Crippen molar-refractivity contribution >= 4 is 60.7 Å².